The summed E-state index contributed by atoms with van der Waals surface area (Å²) < 4.78 is 24.5. The quantitative estimate of drug-likeness (QED) is 0.808. The number of rotatable bonds is 6. The summed E-state index contributed by atoms with van der Waals surface area (Å²) in [5, 5.41) is 0. The summed E-state index contributed by atoms with van der Waals surface area (Å²) in [6.45, 7) is 1.07. The van der Waals surface area contributed by atoms with Crippen LogP contribution in [0.4, 0.5) is 0 Å². The molecule has 3 fully saturated rings. The third-order valence-corrected chi connectivity index (χ3v) is 6.59. The van der Waals surface area contributed by atoms with E-state index in [1.807, 2.05) is 4.90 Å². The summed E-state index contributed by atoms with van der Waals surface area (Å²) in [4.78, 5) is 14.4. The van der Waals surface area contributed by atoms with Crippen molar-refractivity contribution in [2.45, 2.75) is 57.4 Å². The third kappa shape index (κ3) is 3.82. The summed E-state index contributed by atoms with van der Waals surface area (Å²) >= 11 is 0. The highest BCUT2D eigenvalue weighted by atomic mass is 32.2. The monoisotopic (exact) mass is 328 g/mol. The van der Waals surface area contributed by atoms with Gasteiger partial charge in [0.05, 0.1) is 6.26 Å². The van der Waals surface area contributed by atoms with Crippen molar-refractivity contribution in [1.29, 1.82) is 0 Å². The van der Waals surface area contributed by atoms with Gasteiger partial charge in [-0.25, -0.2) is 13.1 Å². The molecule has 0 aromatic rings. The Hall–Kier alpha value is -0.620. The molecule has 22 heavy (non-hydrogen) atoms. The number of nitrogens with zero attached hydrogens (tertiary/aromatic N) is 1. The van der Waals surface area contributed by atoms with Crippen LogP contribution in [0.25, 0.3) is 0 Å². The average molecular weight is 328 g/mol. The molecule has 5 nitrogen and oxygen atoms in total. The number of sulfonamides is 1. The zero-order chi connectivity index (χ0) is 15.7. The van der Waals surface area contributed by atoms with Gasteiger partial charge in [-0.2, -0.15) is 0 Å². The lowest BCUT2D eigenvalue weighted by Crippen LogP contribution is -2.39. The van der Waals surface area contributed by atoms with E-state index in [1.54, 1.807) is 0 Å². The van der Waals surface area contributed by atoms with Crippen LogP contribution >= 0.6 is 0 Å². The van der Waals surface area contributed by atoms with Gasteiger partial charge in [0, 0.05) is 25.6 Å². The summed E-state index contributed by atoms with van der Waals surface area (Å²) in [6.07, 6.45) is 10.4. The molecule has 0 radical (unpaired) electrons. The molecule has 4 atom stereocenters. The topological polar surface area (TPSA) is 66.5 Å². The smallest absolute Gasteiger partial charge is 0.224 e. The van der Waals surface area contributed by atoms with Crippen LogP contribution in [0.2, 0.25) is 0 Å². The molecule has 126 valence electrons. The van der Waals surface area contributed by atoms with Crippen LogP contribution in [0.5, 0.6) is 0 Å². The largest absolute Gasteiger partial charge is 0.340 e. The number of carbonyl (C=O) groups is 1. The Morgan fingerprint density at radius 2 is 2.05 bits per heavy atom. The molecule has 6 heteroatoms. The number of hydrogen-bond acceptors (Lipinski definition) is 3. The first-order valence-corrected chi connectivity index (χ1v) is 10.6. The number of carbonyl (C=O) groups excluding carboxylic acids is 1. The summed E-state index contributed by atoms with van der Waals surface area (Å²) in [5.74, 6) is 2.81. The van der Waals surface area contributed by atoms with Crippen LogP contribution in [-0.4, -0.2) is 44.6 Å². The predicted molar refractivity (Wildman–Crippen MR) is 85.8 cm³/mol. The van der Waals surface area contributed by atoms with Crippen molar-refractivity contribution in [2.24, 2.45) is 17.8 Å². The van der Waals surface area contributed by atoms with Gasteiger partial charge in [-0.05, 0) is 56.3 Å². The molecule has 3 aliphatic rings. The second-order valence-corrected chi connectivity index (χ2v) is 9.30. The molecule has 1 N–H and O–H groups in total. The van der Waals surface area contributed by atoms with E-state index in [-0.39, 0.29) is 18.9 Å². The van der Waals surface area contributed by atoms with Crippen LogP contribution < -0.4 is 4.72 Å². The molecule has 2 bridgehead atoms. The fourth-order valence-corrected chi connectivity index (χ4v) is 5.38. The zero-order valence-electron chi connectivity index (χ0n) is 13.5. The van der Waals surface area contributed by atoms with Crippen LogP contribution in [-0.2, 0) is 14.8 Å². The lowest BCUT2D eigenvalue weighted by atomic mass is 9.83. The molecule has 1 heterocycles. The van der Waals surface area contributed by atoms with E-state index in [2.05, 4.69) is 4.72 Å². The SMILES string of the molecule is CS(=O)(=O)NCCC(=O)N1CCC[C@@H]1C[C@@H]1C[C@H]2CC[C@H]1C2. The van der Waals surface area contributed by atoms with Gasteiger partial charge in [0.2, 0.25) is 15.9 Å². The minimum absolute atomic E-state index is 0.113. The van der Waals surface area contributed by atoms with Crippen molar-refractivity contribution in [3.63, 3.8) is 0 Å². The van der Waals surface area contributed by atoms with Gasteiger partial charge in [0.1, 0.15) is 0 Å². The van der Waals surface area contributed by atoms with E-state index < -0.39 is 10.0 Å². The summed E-state index contributed by atoms with van der Waals surface area (Å²) in [5.41, 5.74) is 0. The van der Waals surface area contributed by atoms with E-state index >= 15 is 0 Å². The number of hydrogen-bond donors (Lipinski definition) is 1. The maximum Gasteiger partial charge on any atom is 0.224 e. The highest BCUT2D eigenvalue weighted by Gasteiger charge is 2.41. The lowest BCUT2D eigenvalue weighted by molar-refractivity contribution is -0.132. The fourth-order valence-electron chi connectivity index (χ4n) is 4.91. The molecule has 0 aromatic carbocycles. The van der Waals surface area contributed by atoms with Crippen molar-refractivity contribution in [3.8, 4) is 0 Å². The predicted octanol–water partition coefficient (Wildman–Crippen LogP) is 1.74. The van der Waals surface area contributed by atoms with E-state index in [0.29, 0.717) is 6.04 Å². The Balaban J connectivity index is 1.48. The number of amides is 1. The normalized spacial score (nSPS) is 34.5. The van der Waals surface area contributed by atoms with E-state index in [1.165, 1.54) is 32.1 Å². The van der Waals surface area contributed by atoms with Crippen LogP contribution in [0.3, 0.4) is 0 Å². The van der Waals surface area contributed by atoms with Gasteiger partial charge < -0.3 is 4.90 Å². The average Bonchev–Trinajstić information content (AvgIpc) is 3.12. The number of likely N-dealkylation sites (tertiary alicyclic amines) is 1. The minimum atomic E-state index is -3.20. The molecule has 0 spiro atoms. The lowest BCUT2D eigenvalue weighted by Gasteiger charge is -2.30. The molecule has 0 unspecified atom stereocenters. The molecule has 1 saturated heterocycles. The second-order valence-electron chi connectivity index (χ2n) is 7.47. The highest BCUT2D eigenvalue weighted by Crippen LogP contribution is 2.50. The van der Waals surface area contributed by atoms with Gasteiger partial charge in [-0.15, -0.1) is 0 Å². The van der Waals surface area contributed by atoms with Crippen molar-refractivity contribution in [2.75, 3.05) is 19.3 Å². The van der Waals surface area contributed by atoms with Gasteiger partial charge in [0.15, 0.2) is 0 Å². The minimum Gasteiger partial charge on any atom is -0.340 e. The summed E-state index contributed by atoms with van der Waals surface area (Å²) in [7, 11) is -3.20. The second kappa shape index (κ2) is 6.48. The Labute approximate surface area is 133 Å². The highest BCUT2D eigenvalue weighted by molar-refractivity contribution is 7.88. The Morgan fingerprint density at radius 1 is 1.23 bits per heavy atom. The van der Waals surface area contributed by atoms with Gasteiger partial charge in [0.25, 0.3) is 0 Å². The maximum atomic E-state index is 12.4. The van der Waals surface area contributed by atoms with Crippen molar-refractivity contribution in [1.82, 2.24) is 9.62 Å². The van der Waals surface area contributed by atoms with E-state index in [9.17, 15) is 13.2 Å². The standard InChI is InChI=1S/C16H28N2O3S/c1-22(20,21)17-7-6-16(19)18-8-2-3-15(18)11-14-10-12-4-5-13(14)9-12/h12-15,17H,2-11H2,1H3/t12-,13-,14-,15+/m0/s1. The van der Waals surface area contributed by atoms with E-state index in [4.69, 9.17) is 0 Å². The van der Waals surface area contributed by atoms with Crippen LogP contribution in [0, 0.1) is 17.8 Å². The first-order valence-electron chi connectivity index (χ1n) is 8.66. The van der Waals surface area contributed by atoms with Crippen molar-refractivity contribution >= 4 is 15.9 Å². The Morgan fingerprint density at radius 3 is 2.68 bits per heavy atom. The zero-order valence-corrected chi connectivity index (χ0v) is 14.3. The van der Waals surface area contributed by atoms with Crippen LogP contribution in [0.1, 0.15) is 51.4 Å². The first kappa shape index (κ1) is 16.2. The number of fused-ring (bicyclic) bond motifs is 2. The van der Waals surface area contributed by atoms with Crippen molar-refractivity contribution < 1.29 is 13.2 Å². The van der Waals surface area contributed by atoms with Crippen LogP contribution in [0.15, 0.2) is 0 Å². The number of nitrogens with one attached hydrogen (secondary N) is 1. The molecule has 2 saturated carbocycles. The molecule has 0 aromatic heterocycles. The molecular formula is C16H28N2O3S. The maximum absolute atomic E-state index is 12.4. The van der Waals surface area contributed by atoms with Gasteiger partial charge >= 0.3 is 0 Å². The Kier molecular flexibility index (Phi) is 4.78. The third-order valence-electron chi connectivity index (χ3n) is 5.86. The molecule has 1 amide bonds. The Bertz CT molecular complexity index is 519. The summed E-state index contributed by atoms with van der Waals surface area (Å²) in [6, 6.07) is 0.398. The van der Waals surface area contributed by atoms with Gasteiger partial charge in [-0.1, -0.05) is 6.42 Å². The fraction of sp³-hybridized carbons (Fsp3) is 0.938. The van der Waals surface area contributed by atoms with E-state index in [0.717, 1.165) is 43.4 Å². The van der Waals surface area contributed by atoms with Crippen molar-refractivity contribution in [3.05, 3.63) is 0 Å². The first-order chi connectivity index (χ1) is 10.4. The molecule has 1 aliphatic heterocycles. The molecule has 3 rings (SSSR count). The van der Waals surface area contributed by atoms with Gasteiger partial charge in [-0.3, -0.25) is 4.79 Å². The molecular weight excluding hydrogens is 300 g/mol. The molecule has 2 aliphatic carbocycles.